The molecule has 6 amide bonds. The number of primary amides is 1. The first-order valence-corrected chi connectivity index (χ1v) is 25.9. The highest BCUT2D eigenvalue weighted by Gasteiger charge is 2.46. The third-order valence-electron chi connectivity index (χ3n) is 14.1. The zero-order valence-electron chi connectivity index (χ0n) is 42.1. The van der Waals surface area contributed by atoms with Crippen LogP contribution in [0.3, 0.4) is 0 Å². The van der Waals surface area contributed by atoms with Gasteiger partial charge in [-0.15, -0.1) is 11.3 Å². The number of amides is 6. The fraction of sp³-hybridized carbons (Fsp3) is 0.500. The number of likely N-dealkylation sites (tertiary alicyclic amines) is 1. The van der Waals surface area contributed by atoms with Crippen molar-refractivity contribution in [2.45, 2.75) is 155 Å². The summed E-state index contributed by atoms with van der Waals surface area (Å²) in [4.78, 5) is 88.8. The number of nitrogens with two attached hydrogens (primary N) is 2. The number of aromatic nitrogens is 1. The number of anilines is 1. The second-order valence-corrected chi connectivity index (χ2v) is 21.5. The van der Waals surface area contributed by atoms with Crippen LogP contribution in [0.4, 0.5) is 10.1 Å². The SMILES string of the molecule is Cc1ccc(OC[C@H](CCC(N)=O)NC(=O)[C@@H]2Cc3cccc4c3N2C(=O)[C@@H](N)CC4)c(F)c1CCCCCC(=O)N[C@H](C(=O)N1C[C@H](O)C[C@H]1C(=O)N[C@@H](C)c1ccc(-c2scnc2C)cc1)C(C)(C)C. The number of aryl methyl sites for hydroxylation is 3. The molecule has 7 rings (SSSR count). The van der Waals surface area contributed by atoms with Gasteiger partial charge in [0.15, 0.2) is 11.6 Å². The Balaban J connectivity index is 0.902. The van der Waals surface area contributed by atoms with E-state index in [1.807, 2.05) is 77.1 Å². The molecule has 0 spiro atoms. The molecule has 3 aromatic carbocycles. The van der Waals surface area contributed by atoms with Crippen LogP contribution in [-0.4, -0.2) is 99.9 Å². The van der Waals surface area contributed by atoms with E-state index in [9.17, 15) is 33.9 Å². The lowest BCUT2D eigenvalue weighted by atomic mass is 9.85. The van der Waals surface area contributed by atoms with Crippen molar-refractivity contribution in [1.82, 2.24) is 25.8 Å². The van der Waals surface area contributed by atoms with Gasteiger partial charge < -0.3 is 42.2 Å². The summed E-state index contributed by atoms with van der Waals surface area (Å²) in [5.74, 6) is -3.09. The highest BCUT2D eigenvalue weighted by atomic mass is 32.1. The Morgan fingerprint density at radius 1 is 0.944 bits per heavy atom. The van der Waals surface area contributed by atoms with Crippen molar-refractivity contribution in [3.8, 4) is 16.2 Å². The number of aliphatic hydroxyl groups excluding tert-OH is 1. The average Bonchev–Trinajstić information content (AvgIpc) is 4.05. The number of carbonyl (C=O) groups is 6. The van der Waals surface area contributed by atoms with Gasteiger partial charge in [-0.25, -0.2) is 9.37 Å². The molecule has 386 valence electrons. The molecule has 0 aliphatic carbocycles. The first kappa shape index (κ1) is 53.6. The summed E-state index contributed by atoms with van der Waals surface area (Å²) < 4.78 is 22.1. The summed E-state index contributed by atoms with van der Waals surface area (Å²) in [7, 11) is 0. The second-order valence-electron chi connectivity index (χ2n) is 20.6. The van der Waals surface area contributed by atoms with Gasteiger partial charge in [-0.05, 0) is 104 Å². The fourth-order valence-electron chi connectivity index (χ4n) is 9.99. The van der Waals surface area contributed by atoms with Gasteiger partial charge in [0.05, 0.1) is 46.0 Å². The molecule has 16 nitrogen and oxygen atoms in total. The minimum Gasteiger partial charge on any atom is -0.488 e. The van der Waals surface area contributed by atoms with Gasteiger partial charge in [0.1, 0.15) is 24.7 Å². The number of para-hydroxylation sites is 1. The molecule has 4 heterocycles. The summed E-state index contributed by atoms with van der Waals surface area (Å²) in [5, 5.41) is 19.6. The molecule has 72 heavy (non-hydrogen) atoms. The van der Waals surface area contributed by atoms with Gasteiger partial charge in [0, 0.05) is 32.2 Å². The zero-order chi connectivity index (χ0) is 52.0. The summed E-state index contributed by atoms with van der Waals surface area (Å²) in [6.07, 6.45) is 2.67. The molecule has 1 aromatic heterocycles. The maximum atomic E-state index is 16.1. The summed E-state index contributed by atoms with van der Waals surface area (Å²) >= 11 is 1.56. The van der Waals surface area contributed by atoms with Crippen LogP contribution in [0.15, 0.2) is 60.1 Å². The first-order chi connectivity index (χ1) is 34.2. The Bertz CT molecular complexity index is 2650. The maximum Gasteiger partial charge on any atom is 0.246 e. The molecule has 0 radical (unpaired) electrons. The number of ether oxygens (including phenoxy) is 1. The van der Waals surface area contributed by atoms with Crippen LogP contribution in [0.25, 0.3) is 10.4 Å². The number of β-amino-alcohol motifs (C(OH)–C–C–N with tert-alkyl or cyclic N) is 1. The Labute approximate surface area is 424 Å². The van der Waals surface area contributed by atoms with E-state index in [0.29, 0.717) is 56.1 Å². The molecule has 3 aliphatic rings. The number of thiazole rings is 1. The molecule has 3 aliphatic heterocycles. The number of hydrogen-bond acceptors (Lipinski definition) is 11. The summed E-state index contributed by atoms with van der Waals surface area (Å²) in [6.45, 7) is 10.9. The van der Waals surface area contributed by atoms with Crippen molar-refractivity contribution in [3.05, 3.63) is 99.4 Å². The summed E-state index contributed by atoms with van der Waals surface area (Å²) in [5.41, 5.74) is 19.4. The molecular weight excluding hydrogens is 940 g/mol. The number of nitrogens with one attached hydrogen (secondary N) is 3. The van der Waals surface area contributed by atoms with Crippen molar-refractivity contribution in [3.63, 3.8) is 0 Å². The predicted molar refractivity (Wildman–Crippen MR) is 273 cm³/mol. The number of aliphatic hydroxyl groups is 1. The molecule has 1 saturated heterocycles. The zero-order valence-corrected chi connectivity index (χ0v) is 42.9. The van der Waals surface area contributed by atoms with Crippen LogP contribution >= 0.6 is 11.3 Å². The van der Waals surface area contributed by atoms with Crippen LogP contribution in [-0.2, 0) is 48.0 Å². The minimum atomic E-state index is -0.973. The minimum absolute atomic E-state index is 0.0227. The van der Waals surface area contributed by atoms with Gasteiger partial charge in [-0.3, -0.25) is 33.7 Å². The topological polar surface area (TPSA) is 239 Å². The summed E-state index contributed by atoms with van der Waals surface area (Å²) in [6, 6.07) is 12.3. The molecule has 8 N–H and O–H groups in total. The number of hydrogen-bond donors (Lipinski definition) is 6. The van der Waals surface area contributed by atoms with Gasteiger partial charge in [-0.1, -0.05) is 75.7 Å². The predicted octanol–water partition coefficient (Wildman–Crippen LogP) is 5.40. The van der Waals surface area contributed by atoms with Crippen LogP contribution in [0.5, 0.6) is 5.75 Å². The number of halogens is 1. The fourth-order valence-corrected chi connectivity index (χ4v) is 10.8. The van der Waals surface area contributed by atoms with Crippen molar-refractivity contribution in [1.29, 1.82) is 0 Å². The number of nitrogens with zero attached hydrogens (tertiary/aromatic N) is 3. The molecule has 7 atom stereocenters. The maximum absolute atomic E-state index is 16.1. The van der Waals surface area contributed by atoms with E-state index in [1.165, 1.54) is 15.9 Å². The van der Waals surface area contributed by atoms with Crippen LogP contribution in [0.2, 0.25) is 0 Å². The van der Waals surface area contributed by atoms with Crippen LogP contribution in [0, 0.1) is 25.1 Å². The molecule has 1 fully saturated rings. The van der Waals surface area contributed by atoms with Gasteiger partial charge in [-0.2, -0.15) is 0 Å². The normalized spacial score (nSPS) is 19.8. The van der Waals surface area contributed by atoms with Gasteiger partial charge in [0.2, 0.25) is 35.4 Å². The largest absolute Gasteiger partial charge is 0.488 e. The van der Waals surface area contributed by atoms with Crippen molar-refractivity contribution < 1.29 is 43.0 Å². The number of unbranched alkanes of at least 4 members (excludes halogenated alkanes) is 2. The molecule has 0 unspecified atom stereocenters. The molecule has 18 heteroatoms. The van der Waals surface area contributed by atoms with Crippen molar-refractivity contribution in [2.75, 3.05) is 18.1 Å². The first-order valence-electron chi connectivity index (χ1n) is 25.0. The standard InChI is InChI=1S/C54H69FN8O8S/c1-30-15-23-43(71-28-37(21-24-44(57)65)60-51(68)42-25-36-12-10-11-34-20-22-40(56)52(69)63(42)47(34)36)46(55)39(30)13-8-7-9-14-45(66)61-49(54(4,5)6)53(70)62-27-38(64)26-41(62)50(67)59-31(2)33-16-18-35(19-17-33)48-32(3)58-29-72-48/h10-12,15-19,23,29,31,37-38,40-42,49,64H,7-9,13-14,20-22,24-28,56H2,1-6H3,(H2,57,65)(H,59,67)(H,60,68)(H,61,66)/t31-,37-,38+,40-,41-,42-,49+/m0/s1. The van der Waals surface area contributed by atoms with Crippen LogP contribution in [0.1, 0.15) is 119 Å². The monoisotopic (exact) mass is 1010 g/mol. The van der Waals surface area contributed by atoms with E-state index in [1.54, 1.807) is 29.8 Å². The molecule has 0 saturated carbocycles. The van der Waals surface area contributed by atoms with E-state index in [2.05, 4.69) is 20.9 Å². The third-order valence-corrected chi connectivity index (χ3v) is 15.1. The smallest absolute Gasteiger partial charge is 0.246 e. The van der Waals surface area contributed by atoms with Crippen molar-refractivity contribution in [2.24, 2.45) is 16.9 Å². The van der Waals surface area contributed by atoms with Crippen LogP contribution < -0.4 is 37.1 Å². The van der Waals surface area contributed by atoms with Crippen molar-refractivity contribution >= 4 is 52.5 Å². The lowest BCUT2D eigenvalue weighted by molar-refractivity contribution is -0.144. The average molecular weight is 1010 g/mol. The highest BCUT2D eigenvalue weighted by Crippen LogP contribution is 2.39. The second kappa shape index (κ2) is 23.1. The Hall–Kier alpha value is -6.24. The van der Waals surface area contributed by atoms with Gasteiger partial charge in [0.25, 0.3) is 0 Å². The Morgan fingerprint density at radius 3 is 2.36 bits per heavy atom. The van der Waals surface area contributed by atoms with E-state index in [0.717, 1.165) is 38.5 Å². The molecule has 4 aromatic rings. The quantitative estimate of drug-likeness (QED) is 0.0617. The third kappa shape index (κ3) is 12.5. The van der Waals surface area contributed by atoms with Gasteiger partial charge >= 0.3 is 0 Å². The Kier molecular flexibility index (Phi) is 17.2. The van der Waals surface area contributed by atoms with E-state index in [4.69, 9.17) is 16.2 Å². The lowest BCUT2D eigenvalue weighted by Gasteiger charge is -2.35. The van der Waals surface area contributed by atoms with E-state index >= 15 is 4.39 Å². The lowest BCUT2D eigenvalue weighted by Crippen LogP contribution is -2.57. The number of benzene rings is 3. The molecule has 0 bridgehead atoms. The van der Waals surface area contributed by atoms with E-state index in [-0.39, 0.29) is 62.4 Å². The molecular formula is C54H69FN8O8S. The number of carbonyl (C=O) groups excluding carboxylic acids is 6. The van der Waals surface area contributed by atoms with E-state index < -0.39 is 71.2 Å². The highest BCUT2D eigenvalue weighted by molar-refractivity contribution is 7.13. The number of rotatable bonds is 20. The Morgan fingerprint density at radius 2 is 1.67 bits per heavy atom.